The van der Waals surface area contributed by atoms with Gasteiger partial charge in [-0.3, -0.25) is 0 Å². The molecule has 0 fully saturated rings. The first-order chi connectivity index (χ1) is 8.16. The van der Waals surface area contributed by atoms with Gasteiger partial charge in [0.05, 0.1) is 5.69 Å². The lowest BCUT2D eigenvalue weighted by molar-refractivity contribution is 0.482. The Labute approximate surface area is 105 Å². The molecule has 100 valence electrons. The summed E-state index contributed by atoms with van der Waals surface area (Å²) in [6.45, 7) is 5.25. The number of benzene rings is 1. The lowest BCUT2D eigenvalue weighted by Gasteiger charge is -2.17. The van der Waals surface area contributed by atoms with E-state index in [4.69, 9.17) is 5.73 Å². The van der Waals surface area contributed by atoms with Gasteiger partial charge in [-0.1, -0.05) is 12.2 Å². The second-order valence-corrected chi connectivity index (χ2v) is 6.04. The summed E-state index contributed by atoms with van der Waals surface area (Å²) < 4.78 is 51.4. The van der Waals surface area contributed by atoms with Crippen LogP contribution < -0.4 is 5.73 Å². The zero-order valence-corrected chi connectivity index (χ0v) is 10.9. The van der Waals surface area contributed by atoms with E-state index in [1.807, 2.05) is 0 Å². The summed E-state index contributed by atoms with van der Waals surface area (Å²) in [5, 5.41) is 0. The fourth-order valence-corrected chi connectivity index (χ4v) is 2.68. The second kappa shape index (κ2) is 5.03. The van der Waals surface area contributed by atoms with Crippen LogP contribution in [0.4, 0.5) is 14.5 Å². The van der Waals surface area contributed by atoms with Crippen molar-refractivity contribution in [2.24, 2.45) is 0 Å². The Hall–Kier alpha value is -1.47. The molecule has 1 aromatic rings. The summed E-state index contributed by atoms with van der Waals surface area (Å²) in [5.41, 5.74) is 5.42. The number of halogens is 2. The Morgan fingerprint density at radius 3 is 2.44 bits per heavy atom. The highest BCUT2D eigenvalue weighted by molar-refractivity contribution is 7.89. The van der Waals surface area contributed by atoms with Crippen molar-refractivity contribution in [1.29, 1.82) is 0 Å². The van der Waals surface area contributed by atoms with E-state index in [0.29, 0.717) is 11.6 Å². The number of hydrogen-bond acceptors (Lipinski definition) is 3. The summed E-state index contributed by atoms with van der Waals surface area (Å²) >= 11 is 0. The Bertz CT molecular complexity index is 585. The molecule has 0 saturated carbocycles. The normalized spacial score (nSPS) is 11.8. The molecule has 2 N–H and O–H groups in total. The largest absolute Gasteiger partial charge is 0.396 e. The molecule has 0 aliphatic rings. The van der Waals surface area contributed by atoms with Crippen molar-refractivity contribution in [3.8, 4) is 0 Å². The molecule has 0 atom stereocenters. The molecule has 0 heterocycles. The van der Waals surface area contributed by atoms with Gasteiger partial charge in [-0.05, 0) is 13.0 Å². The van der Waals surface area contributed by atoms with Crippen molar-refractivity contribution >= 4 is 15.7 Å². The quantitative estimate of drug-likeness (QED) is 0.673. The standard InChI is InChI=1S/C11H14F2N2O2S/c1-7(2)6-15(3)18(16,17)11-5-10(14)8(12)4-9(11)13/h4-5H,1,6,14H2,2-3H3. The number of rotatable bonds is 4. The summed E-state index contributed by atoms with van der Waals surface area (Å²) in [6.07, 6.45) is 0. The van der Waals surface area contributed by atoms with Crippen LogP contribution in [0.3, 0.4) is 0 Å². The third-order valence-corrected chi connectivity index (χ3v) is 4.05. The molecule has 0 amide bonds. The Morgan fingerprint density at radius 1 is 1.39 bits per heavy atom. The summed E-state index contributed by atoms with van der Waals surface area (Å²) in [5.74, 6) is -2.16. The van der Waals surface area contributed by atoms with Gasteiger partial charge in [0.25, 0.3) is 0 Å². The Morgan fingerprint density at radius 2 is 1.94 bits per heavy atom. The topological polar surface area (TPSA) is 63.4 Å². The monoisotopic (exact) mass is 276 g/mol. The third-order valence-electron chi connectivity index (χ3n) is 2.23. The van der Waals surface area contributed by atoms with Crippen molar-refractivity contribution < 1.29 is 17.2 Å². The molecular weight excluding hydrogens is 262 g/mol. The molecule has 1 rings (SSSR count). The lowest BCUT2D eigenvalue weighted by Crippen LogP contribution is -2.29. The van der Waals surface area contributed by atoms with E-state index in [1.54, 1.807) is 6.92 Å². The van der Waals surface area contributed by atoms with Crippen LogP contribution in [-0.4, -0.2) is 26.3 Å². The number of nitrogen functional groups attached to an aromatic ring is 1. The average Bonchev–Trinajstić information content (AvgIpc) is 2.22. The Balaban J connectivity index is 3.29. The second-order valence-electron chi connectivity index (χ2n) is 4.02. The van der Waals surface area contributed by atoms with Crippen LogP contribution in [-0.2, 0) is 10.0 Å². The summed E-state index contributed by atoms with van der Waals surface area (Å²) in [7, 11) is -2.77. The first kappa shape index (κ1) is 14.6. The average molecular weight is 276 g/mol. The van der Waals surface area contributed by atoms with Crippen molar-refractivity contribution in [2.75, 3.05) is 19.3 Å². The minimum atomic E-state index is -4.05. The maximum Gasteiger partial charge on any atom is 0.246 e. The fourth-order valence-electron chi connectivity index (χ4n) is 1.38. The molecule has 0 radical (unpaired) electrons. The predicted molar refractivity (Wildman–Crippen MR) is 65.4 cm³/mol. The first-order valence-electron chi connectivity index (χ1n) is 5.01. The van der Waals surface area contributed by atoms with E-state index >= 15 is 0 Å². The molecule has 0 unspecified atom stereocenters. The van der Waals surface area contributed by atoms with Gasteiger partial charge >= 0.3 is 0 Å². The van der Waals surface area contributed by atoms with E-state index in [1.165, 1.54) is 7.05 Å². The zero-order chi connectivity index (χ0) is 14.1. The summed E-state index contributed by atoms with van der Waals surface area (Å²) in [6, 6.07) is 1.23. The highest BCUT2D eigenvalue weighted by Crippen LogP contribution is 2.23. The first-order valence-corrected chi connectivity index (χ1v) is 6.45. The predicted octanol–water partition coefficient (Wildman–Crippen LogP) is 1.74. The fraction of sp³-hybridized carbons (Fsp3) is 0.273. The highest BCUT2D eigenvalue weighted by atomic mass is 32.2. The number of anilines is 1. The minimum absolute atomic E-state index is 0.0407. The van der Waals surface area contributed by atoms with Crippen LogP contribution in [0.25, 0.3) is 0 Å². The smallest absolute Gasteiger partial charge is 0.246 e. The van der Waals surface area contributed by atoms with Gasteiger partial charge in [-0.15, -0.1) is 0 Å². The lowest BCUT2D eigenvalue weighted by atomic mass is 10.3. The molecule has 1 aromatic carbocycles. The van der Waals surface area contributed by atoms with Crippen LogP contribution in [0.2, 0.25) is 0 Å². The minimum Gasteiger partial charge on any atom is -0.396 e. The van der Waals surface area contributed by atoms with Gasteiger partial charge < -0.3 is 5.73 Å². The maximum absolute atomic E-state index is 13.5. The van der Waals surface area contributed by atoms with Crippen molar-refractivity contribution in [3.63, 3.8) is 0 Å². The SMILES string of the molecule is C=C(C)CN(C)S(=O)(=O)c1cc(N)c(F)cc1F. The molecule has 0 aliphatic carbocycles. The van der Waals surface area contributed by atoms with Gasteiger partial charge in [0.15, 0.2) is 0 Å². The van der Waals surface area contributed by atoms with Crippen LogP contribution in [0, 0.1) is 11.6 Å². The van der Waals surface area contributed by atoms with E-state index in [9.17, 15) is 17.2 Å². The molecule has 0 bridgehead atoms. The van der Waals surface area contributed by atoms with E-state index in [-0.39, 0.29) is 6.54 Å². The number of nitrogens with zero attached hydrogens (tertiary/aromatic N) is 1. The van der Waals surface area contributed by atoms with Gasteiger partial charge in [-0.25, -0.2) is 17.2 Å². The molecular formula is C11H14F2N2O2S. The zero-order valence-electron chi connectivity index (χ0n) is 10.1. The van der Waals surface area contributed by atoms with Gasteiger partial charge in [-0.2, -0.15) is 4.31 Å². The van der Waals surface area contributed by atoms with E-state index in [0.717, 1.165) is 10.4 Å². The van der Waals surface area contributed by atoms with Crippen LogP contribution in [0.5, 0.6) is 0 Å². The number of hydrogen-bond donors (Lipinski definition) is 1. The van der Waals surface area contributed by atoms with Crippen molar-refractivity contribution in [1.82, 2.24) is 4.31 Å². The van der Waals surface area contributed by atoms with Gasteiger partial charge in [0.1, 0.15) is 16.5 Å². The van der Waals surface area contributed by atoms with Gasteiger partial charge in [0, 0.05) is 19.7 Å². The number of likely N-dealkylation sites (N-methyl/N-ethyl adjacent to an activating group) is 1. The highest BCUT2D eigenvalue weighted by Gasteiger charge is 2.25. The van der Waals surface area contributed by atoms with Crippen LogP contribution in [0.15, 0.2) is 29.2 Å². The molecule has 18 heavy (non-hydrogen) atoms. The summed E-state index contributed by atoms with van der Waals surface area (Å²) in [4.78, 5) is -0.648. The van der Waals surface area contributed by atoms with Crippen LogP contribution >= 0.6 is 0 Å². The van der Waals surface area contributed by atoms with Gasteiger partial charge in [0.2, 0.25) is 10.0 Å². The van der Waals surface area contributed by atoms with Crippen LogP contribution in [0.1, 0.15) is 6.92 Å². The maximum atomic E-state index is 13.5. The van der Waals surface area contributed by atoms with E-state index < -0.39 is 32.2 Å². The van der Waals surface area contributed by atoms with Crippen molar-refractivity contribution in [3.05, 3.63) is 35.9 Å². The van der Waals surface area contributed by atoms with E-state index in [2.05, 4.69) is 6.58 Å². The molecule has 0 aliphatic heterocycles. The number of nitrogens with two attached hydrogens (primary N) is 1. The third kappa shape index (κ3) is 2.85. The molecule has 4 nitrogen and oxygen atoms in total. The van der Waals surface area contributed by atoms with Crippen molar-refractivity contribution in [2.45, 2.75) is 11.8 Å². The number of sulfonamides is 1. The molecule has 0 saturated heterocycles. The molecule has 0 aromatic heterocycles. The molecule has 7 heteroatoms. The molecule has 0 spiro atoms. The Kier molecular flexibility index (Phi) is 4.08.